The van der Waals surface area contributed by atoms with Crippen LogP contribution in [0, 0.1) is 17.0 Å². The molecule has 4 rings (SSSR count). The van der Waals surface area contributed by atoms with Crippen LogP contribution in [0.25, 0.3) is 16.9 Å². The van der Waals surface area contributed by atoms with Crippen molar-refractivity contribution in [3.63, 3.8) is 0 Å². The number of nitrogens with zero attached hydrogens (tertiary/aromatic N) is 5. The standard InChI is InChI=1S/C20H15ClN6O3S2/c1-12-24-25-19(32-12)23-18(28)11-31-20-22-10-17(13-3-2-4-16(9-13)27(29)30)26(20)15-7-5-14(21)6-8-15/h2-10H,11H2,1H3,(H,23,25,28). The molecule has 0 aliphatic rings. The van der Waals surface area contributed by atoms with Crippen molar-refractivity contribution in [1.29, 1.82) is 0 Å². The molecule has 0 spiro atoms. The van der Waals surface area contributed by atoms with Gasteiger partial charge in [0, 0.05) is 28.4 Å². The van der Waals surface area contributed by atoms with Crippen LogP contribution >= 0.6 is 34.7 Å². The Kier molecular flexibility index (Phi) is 6.49. The number of aromatic nitrogens is 4. The summed E-state index contributed by atoms with van der Waals surface area (Å²) >= 11 is 8.57. The molecule has 162 valence electrons. The molecule has 0 aliphatic carbocycles. The molecule has 0 unspecified atom stereocenters. The molecule has 0 saturated carbocycles. The molecular formula is C20H15ClN6O3S2. The van der Waals surface area contributed by atoms with Crippen LogP contribution in [0.2, 0.25) is 5.02 Å². The summed E-state index contributed by atoms with van der Waals surface area (Å²) in [6.07, 6.45) is 1.63. The molecule has 4 aromatic rings. The topological polar surface area (TPSA) is 116 Å². The van der Waals surface area contributed by atoms with Gasteiger partial charge in [0.1, 0.15) is 5.01 Å². The number of imidazole rings is 1. The number of halogens is 1. The lowest BCUT2D eigenvalue weighted by atomic mass is 10.1. The zero-order chi connectivity index (χ0) is 22.7. The van der Waals surface area contributed by atoms with Crippen LogP contribution in [0.1, 0.15) is 5.01 Å². The molecule has 1 amide bonds. The molecule has 0 atom stereocenters. The van der Waals surface area contributed by atoms with Crippen LogP contribution in [0.3, 0.4) is 0 Å². The number of aryl methyl sites for hydroxylation is 1. The molecule has 0 saturated heterocycles. The first-order valence-corrected chi connectivity index (χ1v) is 11.4. The highest BCUT2D eigenvalue weighted by molar-refractivity contribution is 7.99. The number of amides is 1. The Hall–Kier alpha value is -3.28. The fourth-order valence-corrected chi connectivity index (χ4v) is 4.42. The third kappa shape index (κ3) is 4.96. The van der Waals surface area contributed by atoms with Crippen molar-refractivity contribution in [2.24, 2.45) is 0 Å². The van der Waals surface area contributed by atoms with Gasteiger partial charge in [-0.15, -0.1) is 10.2 Å². The van der Waals surface area contributed by atoms with E-state index in [1.165, 1.54) is 35.2 Å². The number of hydrogen-bond donors (Lipinski definition) is 1. The van der Waals surface area contributed by atoms with Gasteiger partial charge in [0.05, 0.1) is 22.6 Å². The second-order valence-electron chi connectivity index (χ2n) is 6.51. The predicted octanol–water partition coefficient (Wildman–Crippen LogP) is 4.99. The maximum atomic E-state index is 12.4. The van der Waals surface area contributed by atoms with Gasteiger partial charge in [0.25, 0.3) is 5.69 Å². The van der Waals surface area contributed by atoms with Crippen LogP contribution in [-0.2, 0) is 4.79 Å². The van der Waals surface area contributed by atoms with Crippen LogP contribution in [0.5, 0.6) is 0 Å². The van der Waals surface area contributed by atoms with E-state index < -0.39 is 4.92 Å². The summed E-state index contributed by atoms with van der Waals surface area (Å²) in [6, 6.07) is 13.4. The maximum absolute atomic E-state index is 12.4. The summed E-state index contributed by atoms with van der Waals surface area (Å²) in [5.41, 5.74) is 2.02. The Morgan fingerprint density at radius 2 is 2.03 bits per heavy atom. The third-order valence-corrected chi connectivity index (χ3v) is 6.23. The van der Waals surface area contributed by atoms with Crippen molar-refractivity contribution in [2.75, 3.05) is 11.1 Å². The number of thioether (sulfide) groups is 1. The van der Waals surface area contributed by atoms with E-state index in [0.29, 0.717) is 26.6 Å². The lowest BCUT2D eigenvalue weighted by Gasteiger charge is -2.12. The van der Waals surface area contributed by atoms with Crippen LogP contribution in [0.4, 0.5) is 10.8 Å². The van der Waals surface area contributed by atoms with E-state index in [1.54, 1.807) is 37.4 Å². The normalized spacial score (nSPS) is 10.8. The fourth-order valence-electron chi connectivity index (χ4n) is 2.89. The maximum Gasteiger partial charge on any atom is 0.270 e. The molecule has 2 heterocycles. The Balaban J connectivity index is 1.65. The quantitative estimate of drug-likeness (QED) is 0.222. The summed E-state index contributed by atoms with van der Waals surface area (Å²) in [5, 5.41) is 24.0. The van der Waals surface area contributed by atoms with E-state index in [-0.39, 0.29) is 17.3 Å². The van der Waals surface area contributed by atoms with Crippen molar-refractivity contribution < 1.29 is 9.72 Å². The summed E-state index contributed by atoms with van der Waals surface area (Å²) in [7, 11) is 0. The van der Waals surface area contributed by atoms with Gasteiger partial charge in [-0.2, -0.15) is 0 Å². The molecule has 2 aromatic heterocycles. The number of carbonyl (C=O) groups excluding carboxylic acids is 1. The lowest BCUT2D eigenvalue weighted by Crippen LogP contribution is -2.14. The number of anilines is 1. The van der Waals surface area contributed by atoms with Crippen molar-refractivity contribution >= 4 is 51.4 Å². The number of rotatable bonds is 7. The van der Waals surface area contributed by atoms with Crippen molar-refractivity contribution in [3.05, 3.63) is 74.9 Å². The number of nitro groups is 1. The summed E-state index contributed by atoms with van der Waals surface area (Å²) in [5.74, 6) is -0.147. The summed E-state index contributed by atoms with van der Waals surface area (Å²) in [6.45, 7) is 1.81. The van der Waals surface area contributed by atoms with Crippen LogP contribution < -0.4 is 5.32 Å². The SMILES string of the molecule is Cc1nnc(NC(=O)CSc2ncc(-c3cccc([N+](=O)[O-])c3)n2-c2ccc(Cl)cc2)s1. The van der Waals surface area contributed by atoms with Gasteiger partial charge in [-0.3, -0.25) is 24.8 Å². The number of benzene rings is 2. The second-order valence-corrected chi connectivity index (χ2v) is 9.07. The minimum Gasteiger partial charge on any atom is -0.300 e. The highest BCUT2D eigenvalue weighted by Crippen LogP contribution is 2.32. The van der Waals surface area contributed by atoms with Gasteiger partial charge in [-0.25, -0.2) is 4.98 Å². The predicted molar refractivity (Wildman–Crippen MR) is 125 cm³/mol. The Labute approximate surface area is 195 Å². The number of non-ortho nitro benzene ring substituents is 1. The molecule has 1 N–H and O–H groups in total. The van der Waals surface area contributed by atoms with E-state index >= 15 is 0 Å². The minimum absolute atomic E-state index is 0.0210. The molecule has 12 heteroatoms. The van der Waals surface area contributed by atoms with Crippen LogP contribution in [0.15, 0.2) is 59.9 Å². The van der Waals surface area contributed by atoms with Crippen molar-refractivity contribution in [3.8, 4) is 16.9 Å². The number of nitro benzene ring substituents is 1. The smallest absolute Gasteiger partial charge is 0.270 e. The monoisotopic (exact) mass is 486 g/mol. The van der Waals surface area contributed by atoms with Gasteiger partial charge < -0.3 is 0 Å². The summed E-state index contributed by atoms with van der Waals surface area (Å²) < 4.78 is 1.84. The van der Waals surface area contributed by atoms with Gasteiger partial charge in [0.15, 0.2) is 5.16 Å². The molecular weight excluding hydrogens is 472 g/mol. The van der Waals surface area contributed by atoms with Gasteiger partial charge in [-0.05, 0) is 31.2 Å². The molecule has 0 bridgehead atoms. The molecule has 9 nitrogen and oxygen atoms in total. The van der Waals surface area contributed by atoms with Crippen molar-refractivity contribution in [1.82, 2.24) is 19.7 Å². The third-order valence-electron chi connectivity index (χ3n) is 4.27. The van der Waals surface area contributed by atoms with E-state index in [2.05, 4.69) is 20.5 Å². The summed E-state index contributed by atoms with van der Waals surface area (Å²) in [4.78, 5) is 27.6. The van der Waals surface area contributed by atoms with E-state index in [9.17, 15) is 14.9 Å². The minimum atomic E-state index is -0.443. The van der Waals surface area contributed by atoms with Crippen LogP contribution in [-0.4, -0.2) is 36.3 Å². The first kappa shape index (κ1) is 21.9. The molecule has 0 fully saturated rings. The molecule has 2 aromatic carbocycles. The van der Waals surface area contributed by atoms with E-state index in [4.69, 9.17) is 11.6 Å². The van der Waals surface area contributed by atoms with Gasteiger partial charge in [0.2, 0.25) is 11.0 Å². The zero-order valence-corrected chi connectivity index (χ0v) is 18.9. The molecule has 32 heavy (non-hydrogen) atoms. The Morgan fingerprint density at radius 3 is 2.72 bits per heavy atom. The van der Waals surface area contributed by atoms with Gasteiger partial charge >= 0.3 is 0 Å². The first-order valence-electron chi connectivity index (χ1n) is 9.22. The Morgan fingerprint density at radius 1 is 1.25 bits per heavy atom. The highest BCUT2D eigenvalue weighted by Gasteiger charge is 2.18. The van der Waals surface area contributed by atoms with Gasteiger partial charge in [-0.1, -0.05) is 46.8 Å². The largest absolute Gasteiger partial charge is 0.300 e. The molecule has 0 aliphatic heterocycles. The average molecular weight is 487 g/mol. The zero-order valence-electron chi connectivity index (χ0n) is 16.6. The van der Waals surface area contributed by atoms with Crippen molar-refractivity contribution in [2.45, 2.75) is 12.1 Å². The highest BCUT2D eigenvalue weighted by atomic mass is 35.5. The second kappa shape index (κ2) is 9.47. The number of nitrogens with one attached hydrogen (secondary N) is 1. The average Bonchev–Trinajstić information content (AvgIpc) is 3.39. The number of hydrogen-bond acceptors (Lipinski definition) is 8. The fraction of sp³-hybridized carbons (Fsp3) is 0.100. The Bertz CT molecular complexity index is 1290. The van der Waals surface area contributed by atoms with E-state index in [1.807, 2.05) is 16.7 Å². The number of carbonyl (C=O) groups is 1. The lowest BCUT2D eigenvalue weighted by molar-refractivity contribution is -0.384. The molecule has 0 radical (unpaired) electrons. The van der Waals surface area contributed by atoms with E-state index in [0.717, 1.165) is 10.7 Å². The first-order chi connectivity index (χ1) is 15.4.